The summed E-state index contributed by atoms with van der Waals surface area (Å²) >= 11 is 0. The van der Waals surface area contributed by atoms with Crippen molar-refractivity contribution < 1.29 is 4.79 Å². The standard InChI is InChI=1S/C21H29N5O/c1-15-4-5-17(12-16(15)2)13-20(27)25-10-11-26-19(14-25)22-23-21(26)18-6-8-24(3)9-7-18/h4-5,12,18H,6-11,13-14H2,1-3H3. The molecule has 0 spiro atoms. The number of carbonyl (C=O) groups is 1. The molecule has 1 fully saturated rings. The van der Waals surface area contributed by atoms with Crippen LogP contribution < -0.4 is 0 Å². The number of amides is 1. The van der Waals surface area contributed by atoms with Gasteiger partial charge in [-0.3, -0.25) is 4.79 Å². The Morgan fingerprint density at radius 2 is 1.85 bits per heavy atom. The predicted octanol–water partition coefficient (Wildman–Crippen LogP) is 2.29. The SMILES string of the molecule is Cc1ccc(CC(=O)N2CCn3c(nnc3C3CCN(C)CC3)C2)cc1C. The lowest BCUT2D eigenvalue weighted by Gasteiger charge is -2.31. The molecule has 144 valence electrons. The van der Waals surface area contributed by atoms with E-state index >= 15 is 0 Å². The van der Waals surface area contributed by atoms with Gasteiger partial charge < -0.3 is 14.4 Å². The van der Waals surface area contributed by atoms with Crippen molar-refractivity contribution in [2.75, 3.05) is 26.7 Å². The summed E-state index contributed by atoms with van der Waals surface area (Å²) in [5, 5.41) is 8.92. The van der Waals surface area contributed by atoms with Crippen molar-refractivity contribution in [3.63, 3.8) is 0 Å². The van der Waals surface area contributed by atoms with E-state index in [4.69, 9.17) is 0 Å². The Morgan fingerprint density at radius 1 is 1.07 bits per heavy atom. The van der Waals surface area contributed by atoms with E-state index in [1.165, 1.54) is 11.1 Å². The van der Waals surface area contributed by atoms with Crippen LogP contribution in [0, 0.1) is 13.8 Å². The Balaban J connectivity index is 1.42. The van der Waals surface area contributed by atoms with Crippen LogP contribution in [0.3, 0.4) is 0 Å². The molecule has 6 heteroatoms. The van der Waals surface area contributed by atoms with Crippen molar-refractivity contribution in [2.24, 2.45) is 0 Å². The van der Waals surface area contributed by atoms with E-state index in [0.717, 1.165) is 56.2 Å². The summed E-state index contributed by atoms with van der Waals surface area (Å²) in [5.74, 6) is 2.73. The maximum atomic E-state index is 12.8. The largest absolute Gasteiger partial charge is 0.333 e. The van der Waals surface area contributed by atoms with E-state index in [0.29, 0.717) is 18.9 Å². The second-order valence-electron chi connectivity index (χ2n) is 8.11. The van der Waals surface area contributed by atoms with Gasteiger partial charge in [-0.1, -0.05) is 18.2 Å². The first-order valence-electron chi connectivity index (χ1n) is 9.95. The molecule has 2 aliphatic heterocycles. The van der Waals surface area contributed by atoms with Crippen molar-refractivity contribution >= 4 is 5.91 Å². The lowest BCUT2D eigenvalue weighted by atomic mass is 9.96. The highest BCUT2D eigenvalue weighted by atomic mass is 16.2. The highest BCUT2D eigenvalue weighted by Crippen LogP contribution is 2.28. The van der Waals surface area contributed by atoms with Gasteiger partial charge in [-0.25, -0.2) is 0 Å². The van der Waals surface area contributed by atoms with Gasteiger partial charge in [0.25, 0.3) is 0 Å². The highest BCUT2D eigenvalue weighted by molar-refractivity contribution is 5.78. The Labute approximate surface area is 161 Å². The van der Waals surface area contributed by atoms with E-state index in [9.17, 15) is 4.79 Å². The first-order chi connectivity index (χ1) is 13.0. The number of aromatic nitrogens is 3. The zero-order chi connectivity index (χ0) is 19.0. The van der Waals surface area contributed by atoms with E-state index in [1.807, 2.05) is 4.90 Å². The van der Waals surface area contributed by atoms with Crippen LogP contribution in [-0.2, 0) is 24.3 Å². The fourth-order valence-electron chi connectivity index (χ4n) is 4.16. The van der Waals surface area contributed by atoms with Gasteiger partial charge >= 0.3 is 0 Å². The first kappa shape index (κ1) is 18.2. The van der Waals surface area contributed by atoms with Gasteiger partial charge in [0.15, 0.2) is 5.82 Å². The van der Waals surface area contributed by atoms with Gasteiger partial charge in [-0.15, -0.1) is 10.2 Å². The van der Waals surface area contributed by atoms with Crippen LogP contribution in [0.5, 0.6) is 0 Å². The van der Waals surface area contributed by atoms with Crippen molar-refractivity contribution in [2.45, 2.75) is 52.1 Å². The summed E-state index contributed by atoms with van der Waals surface area (Å²) in [6.45, 7) is 8.55. The van der Waals surface area contributed by atoms with Crippen LogP contribution in [0.2, 0.25) is 0 Å². The first-order valence-corrected chi connectivity index (χ1v) is 9.95. The highest BCUT2D eigenvalue weighted by Gasteiger charge is 2.29. The van der Waals surface area contributed by atoms with Crippen LogP contribution in [0.15, 0.2) is 18.2 Å². The number of hydrogen-bond donors (Lipinski definition) is 0. The number of hydrogen-bond acceptors (Lipinski definition) is 4. The Bertz CT molecular complexity index is 835. The van der Waals surface area contributed by atoms with Crippen molar-refractivity contribution in [3.8, 4) is 0 Å². The molecule has 1 aromatic carbocycles. The van der Waals surface area contributed by atoms with Crippen LogP contribution >= 0.6 is 0 Å². The second kappa shape index (κ2) is 7.43. The molecule has 1 amide bonds. The molecule has 0 N–H and O–H groups in total. The van der Waals surface area contributed by atoms with Gasteiger partial charge in [0.1, 0.15) is 5.82 Å². The summed E-state index contributed by atoms with van der Waals surface area (Å²) in [4.78, 5) is 17.1. The van der Waals surface area contributed by atoms with Crippen molar-refractivity contribution in [3.05, 3.63) is 46.5 Å². The number of fused-ring (bicyclic) bond motifs is 1. The lowest BCUT2D eigenvalue weighted by molar-refractivity contribution is -0.132. The molecule has 1 saturated heterocycles. The smallest absolute Gasteiger partial charge is 0.227 e. The summed E-state index contributed by atoms with van der Waals surface area (Å²) < 4.78 is 2.26. The average molecular weight is 367 g/mol. The minimum Gasteiger partial charge on any atom is -0.333 e. The Hall–Kier alpha value is -2.21. The maximum Gasteiger partial charge on any atom is 0.227 e. The molecular weight excluding hydrogens is 338 g/mol. The van der Waals surface area contributed by atoms with E-state index in [1.54, 1.807) is 0 Å². The molecule has 3 heterocycles. The minimum atomic E-state index is 0.174. The van der Waals surface area contributed by atoms with Crippen LogP contribution in [0.4, 0.5) is 0 Å². The molecule has 0 aliphatic carbocycles. The number of piperidine rings is 1. The van der Waals surface area contributed by atoms with E-state index in [2.05, 4.69) is 58.8 Å². The zero-order valence-electron chi connectivity index (χ0n) is 16.6. The molecule has 0 saturated carbocycles. The molecule has 1 aromatic heterocycles. The Kier molecular flexibility index (Phi) is 5.00. The lowest BCUT2D eigenvalue weighted by Crippen LogP contribution is -2.40. The Morgan fingerprint density at radius 3 is 2.59 bits per heavy atom. The van der Waals surface area contributed by atoms with Gasteiger partial charge in [-0.05, 0) is 63.5 Å². The number of carbonyl (C=O) groups excluding carboxylic acids is 1. The summed E-state index contributed by atoms with van der Waals surface area (Å²) in [6.07, 6.45) is 2.74. The molecule has 4 rings (SSSR count). The molecule has 2 aliphatic rings. The second-order valence-corrected chi connectivity index (χ2v) is 8.11. The van der Waals surface area contributed by atoms with Crippen molar-refractivity contribution in [1.82, 2.24) is 24.6 Å². The van der Waals surface area contributed by atoms with Gasteiger partial charge in [0.2, 0.25) is 5.91 Å². The number of nitrogens with zero attached hydrogens (tertiary/aromatic N) is 5. The summed E-state index contributed by atoms with van der Waals surface area (Å²) in [6, 6.07) is 6.28. The minimum absolute atomic E-state index is 0.174. The quantitative estimate of drug-likeness (QED) is 0.835. The predicted molar refractivity (Wildman–Crippen MR) is 105 cm³/mol. The molecule has 2 aromatic rings. The van der Waals surface area contributed by atoms with Crippen LogP contribution in [-0.4, -0.2) is 57.2 Å². The normalized spacial score (nSPS) is 18.6. The third-order valence-corrected chi connectivity index (χ3v) is 6.14. The van der Waals surface area contributed by atoms with Crippen LogP contribution in [0.1, 0.15) is 47.1 Å². The van der Waals surface area contributed by atoms with Crippen molar-refractivity contribution in [1.29, 1.82) is 0 Å². The molecule has 0 bridgehead atoms. The molecular formula is C21H29N5O. The molecule has 6 nitrogen and oxygen atoms in total. The molecule has 0 unspecified atom stereocenters. The molecule has 27 heavy (non-hydrogen) atoms. The number of aryl methyl sites for hydroxylation is 2. The molecule has 0 atom stereocenters. The fraction of sp³-hybridized carbons (Fsp3) is 0.571. The van der Waals surface area contributed by atoms with Crippen LogP contribution in [0.25, 0.3) is 0 Å². The molecule has 0 radical (unpaired) electrons. The maximum absolute atomic E-state index is 12.8. The number of rotatable bonds is 3. The van der Waals surface area contributed by atoms with E-state index < -0.39 is 0 Å². The fourth-order valence-corrected chi connectivity index (χ4v) is 4.16. The third kappa shape index (κ3) is 3.76. The summed E-state index contributed by atoms with van der Waals surface area (Å²) in [5.41, 5.74) is 3.59. The van der Waals surface area contributed by atoms with Gasteiger partial charge in [-0.2, -0.15) is 0 Å². The van der Waals surface area contributed by atoms with E-state index in [-0.39, 0.29) is 5.91 Å². The average Bonchev–Trinajstić information content (AvgIpc) is 3.08. The van der Waals surface area contributed by atoms with Gasteiger partial charge in [0.05, 0.1) is 13.0 Å². The third-order valence-electron chi connectivity index (χ3n) is 6.14. The summed E-state index contributed by atoms with van der Waals surface area (Å²) in [7, 11) is 2.18. The number of likely N-dealkylation sites (tertiary alicyclic amines) is 1. The topological polar surface area (TPSA) is 54.3 Å². The van der Waals surface area contributed by atoms with Gasteiger partial charge in [0, 0.05) is 19.0 Å². The monoisotopic (exact) mass is 367 g/mol. The number of benzene rings is 1. The zero-order valence-corrected chi connectivity index (χ0v) is 16.6.